The molecule has 4 rings (SSSR count). The molecule has 0 bridgehead atoms. The smallest absolute Gasteiger partial charge is 0.264 e. The number of carbonyl (C=O) groups excluding carboxylic acids is 1. The quantitative estimate of drug-likeness (QED) is 0.581. The van der Waals surface area contributed by atoms with Crippen molar-refractivity contribution in [2.45, 2.75) is 27.7 Å². The maximum Gasteiger partial charge on any atom is 0.264 e. The van der Waals surface area contributed by atoms with E-state index in [1.807, 2.05) is 37.3 Å². The summed E-state index contributed by atoms with van der Waals surface area (Å²) in [5.74, 6) is -0.110. The van der Waals surface area contributed by atoms with Crippen molar-refractivity contribution in [3.8, 4) is 5.69 Å². The molecule has 0 aliphatic carbocycles. The molecule has 1 aliphatic heterocycles. The molecule has 4 nitrogen and oxygen atoms in total. The summed E-state index contributed by atoms with van der Waals surface area (Å²) in [5, 5.41) is 3.48. The van der Waals surface area contributed by atoms with E-state index in [1.165, 1.54) is 17.3 Å². The van der Waals surface area contributed by atoms with Crippen molar-refractivity contribution < 1.29 is 4.79 Å². The molecule has 3 aromatic rings. The van der Waals surface area contributed by atoms with E-state index in [-0.39, 0.29) is 5.91 Å². The molecule has 29 heavy (non-hydrogen) atoms. The first-order valence-electron chi connectivity index (χ1n) is 9.53. The number of benzene rings is 2. The highest BCUT2D eigenvalue weighted by Crippen LogP contribution is 2.30. The molecule has 0 atom stereocenters. The molecule has 0 spiro atoms. The fraction of sp³-hybridized carbons (Fsp3) is 0.167. The number of hydrogen-bond acceptors (Lipinski definition) is 3. The molecule has 1 amide bonds. The van der Waals surface area contributed by atoms with Crippen LogP contribution in [-0.2, 0) is 4.79 Å². The number of thioether (sulfide) groups is 1. The van der Waals surface area contributed by atoms with E-state index >= 15 is 0 Å². The lowest BCUT2D eigenvalue weighted by atomic mass is 10.2. The minimum Gasteiger partial charge on any atom is -0.318 e. The molecule has 146 valence electrons. The largest absolute Gasteiger partial charge is 0.318 e. The van der Waals surface area contributed by atoms with Gasteiger partial charge in [0.05, 0.1) is 10.6 Å². The monoisotopic (exact) mass is 401 g/mol. The van der Waals surface area contributed by atoms with Crippen molar-refractivity contribution in [3.63, 3.8) is 0 Å². The normalized spacial score (nSPS) is 16.6. The molecule has 1 saturated heterocycles. The minimum atomic E-state index is -0.110. The van der Waals surface area contributed by atoms with E-state index in [0.29, 0.717) is 10.1 Å². The first kappa shape index (κ1) is 19.3. The van der Waals surface area contributed by atoms with E-state index in [0.717, 1.165) is 33.9 Å². The van der Waals surface area contributed by atoms with Gasteiger partial charge in [-0.05, 0) is 87.0 Å². The fourth-order valence-corrected chi connectivity index (χ4v) is 4.29. The maximum atomic E-state index is 12.5. The van der Waals surface area contributed by atoms with Gasteiger partial charge in [-0.3, -0.25) is 4.79 Å². The lowest BCUT2D eigenvalue weighted by Crippen LogP contribution is -2.19. The Balaban J connectivity index is 1.64. The van der Waals surface area contributed by atoms with Crippen LogP contribution in [-0.4, -0.2) is 15.6 Å². The topological polar surface area (TPSA) is 46.4 Å². The Hall–Kier alpha value is -3.05. The van der Waals surface area contributed by atoms with Crippen LogP contribution in [0.4, 0.5) is 5.69 Å². The van der Waals surface area contributed by atoms with Crippen molar-refractivity contribution in [2.75, 3.05) is 0 Å². The van der Waals surface area contributed by atoms with Gasteiger partial charge in [-0.15, -0.1) is 0 Å². The van der Waals surface area contributed by atoms with Crippen molar-refractivity contribution in [3.05, 3.63) is 87.6 Å². The molecule has 5 heteroatoms. The Morgan fingerprint density at radius 3 is 2.45 bits per heavy atom. The molecule has 1 fully saturated rings. The van der Waals surface area contributed by atoms with Crippen molar-refractivity contribution >= 4 is 34.6 Å². The van der Waals surface area contributed by atoms with Gasteiger partial charge >= 0.3 is 0 Å². The van der Waals surface area contributed by atoms with Gasteiger partial charge in [-0.2, -0.15) is 0 Å². The van der Waals surface area contributed by atoms with Crippen molar-refractivity contribution in [1.29, 1.82) is 0 Å². The lowest BCUT2D eigenvalue weighted by Gasteiger charge is -2.10. The zero-order valence-electron chi connectivity index (χ0n) is 17.0. The van der Waals surface area contributed by atoms with Crippen LogP contribution in [0.1, 0.15) is 28.1 Å². The second kappa shape index (κ2) is 7.76. The van der Waals surface area contributed by atoms with E-state index in [1.54, 1.807) is 0 Å². The van der Waals surface area contributed by atoms with Gasteiger partial charge in [0.15, 0.2) is 5.17 Å². The third-order valence-electron chi connectivity index (χ3n) is 4.93. The molecule has 1 N–H and O–H groups in total. The first-order chi connectivity index (χ1) is 13.9. The van der Waals surface area contributed by atoms with Crippen LogP contribution >= 0.6 is 11.8 Å². The Kier molecular flexibility index (Phi) is 5.16. The third-order valence-corrected chi connectivity index (χ3v) is 5.84. The Morgan fingerprint density at radius 1 is 0.966 bits per heavy atom. The van der Waals surface area contributed by atoms with Gasteiger partial charge in [0.25, 0.3) is 5.91 Å². The lowest BCUT2D eigenvalue weighted by molar-refractivity contribution is -0.115. The van der Waals surface area contributed by atoms with Gasteiger partial charge in [0.2, 0.25) is 0 Å². The number of nitrogens with zero attached hydrogens (tertiary/aromatic N) is 2. The molecule has 1 aromatic heterocycles. The van der Waals surface area contributed by atoms with E-state index in [9.17, 15) is 4.79 Å². The molecule has 0 radical (unpaired) electrons. The molecular formula is C24H23N3OS. The van der Waals surface area contributed by atoms with Crippen molar-refractivity contribution in [1.82, 2.24) is 9.88 Å². The maximum absolute atomic E-state index is 12.5. The molecule has 2 heterocycles. The van der Waals surface area contributed by atoms with Gasteiger partial charge in [-0.25, -0.2) is 4.99 Å². The molecule has 0 unspecified atom stereocenters. The van der Waals surface area contributed by atoms with Crippen LogP contribution < -0.4 is 5.32 Å². The number of amidine groups is 1. The summed E-state index contributed by atoms with van der Waals surface area (Å²) in [7, 11) is 0. The summed E-state index contributed by atoms with van der Waals surface area (Å²) in [6.07, 6.45) is 1.95. The second-order valence-electron chi connectivity index (χ2n) is 7.32. The highest BCUT2D eigenvalue weighted by atomic mass is 32.2. The molecule has 1 aliphatic rings. The van der Waals surface area contributed by atoms with Crippen molar-refractivity contribution in [2.24, 2.45) is 4.99 Å². The van der Waals surface area contributed by atoms with Gasteiger partial charge in [-0.1, -0.05) is 29.8 Å². The van der Waals surface area contributed by atoms with Crippen LogP contribution in [0.3, 0.4) is 0 Å². The summed E-state index contributed by atoms with van der Waals surface area (Å²) in [6.45, 7) is 8.28. The second-order valence-corrected chi connectivity index (χ2v) is 8.35. The summed E-state index contributed by atoms with van der Waals surface area (Å²) in [5.41, 5.74) is 7.62. The zero-order chi connectivity index (χ0) is 20.5. The number of aryl methyl sites for hydroxylation is 3. The summed E-state index contributed by atoms with van der Waals surface area (Å²) in [6, 6.07) is 18.5. The summed E-state index contributed by atoms with van der Waals surface area (Å²) in [4.78, 5) is 17.7. The van der Waals surface area contributed by atoms with Gasteiger partial charge < -0.3 is 9.88 Å². The SMILES string of the molecule is Cc1ccc(-n2c(C)cc(/C=C3\SC(=Nc4cccc(C)c4)NC3=O)c2C)cc1. The third kappa shape index (κ3) is 4.05. The zero-order valence-corrected chi connectivity index (χ0v) is 17.8. The average molecular weight is 402 g/mol. The molecule has 2 aromatic carbocycles. The number of nitrogens with one attached hydrogen (secondary N) is 1. The summed E-state index contributed by atoms with van der Waals surface area (Å²) >= 11 is 1.38. The molecule has 0 saturated carbocycles. The first-order valence-corrected chi connectivity index (χ1v) is 10.3. The fourth-order valence-electron chi connectivity index (χ4n) is 3.46. The number of aliphatic imine (C=N–C) groups is 1. The number of amides is 1. The van der Waals surface area contributed by atoms with Crippen LogP contribution in [0, 0.1) is 27.7 Å². The van der Waals surface area contributed by atoms with Gasteiger partial charge in [0.1, 0.15) is 0 Å². The minimum absolute atomic E-state index is 0.110. The van der Waals surface area contributed by atoms with Crippen LogP contribution in [0.15, 0.2) is 64.5 Å². The standard InChI is InChI=1S/C24H23N3OS/c1-15-8-10-21(11-9-15)27-17(3)13-19(18(27)4)14-22-23(28)26-24(29-22)25-20-7-5-6-16(2)12-20/h5-14H,1-4H3,(H,25,26,28)/b22-14-. The Bertz CT molecular complexity index is 1150. The summed E-state index contributed by atoms with van der Waals surface area (Å²) < 4.78 is 2.21. The highest BCUT2D eigenvalue weighted by molar-refractivity contribution is 8.18. The number of hydrogen-bond donors (Lipinski definition) is 1. The van der Waals surface area contributed by atoms with E-state index < -0.39 is 0 Å². The van der Waals surface area contributed by atoms with E-state index in [2.05, 4.69) is 66.0 Å². The van der Waals surface area contributed by atoms with E-state index in [4.69, 9.17) is 0 Å². The van der Waals surface area contributed by atoms with Crippen LogP contribution in [0.5, 0.6) is 0 Å². The van der Waals surface area contributed by atoms with Gasteiger partial charge in [0, 0.05) is 17.1 Å². The average Bonchev–Trinajstić information content (AvgIpc) is 3.15. The number of carbonyl (C=O) groups is 1. The number of rotatable bonds is 3. The Labute approximate surface area is 175 Å². The predicted octanol–water partition coefficient (Wildman–Crippen LogP) is 5.60. The number of aromatic nitrogens is 1. The van der Waals surface area contributed by atoms with Crippen LogP contribution in [0.25, 0.3) is 11.8 Å². The van der Waals surface area contributed by atoms with Crippen LogP contribution in [0.2, 0.25) is 0 Å². The molecular weight excluding hydrogens is 378 g/mol. The highest BCUT2D eigenvalue weighted by Gasteiger charge is 2.24. The Morgan fingerprint density at radius 2 is 1.72 bits per heavy atom. The predicted molar refractivity (Wildman–Crippen MR) is 122 cm³/mol.